The molecule has 5 nitrogen and oxygen atoms in total. The Hall–Kier alpha value is -2.30. The zero-order valence-electron chi connectivity index (χ0n) is 10.8. The van der Waals surface area contributed by atoms with Crippen LogP contribution in [-0.2, 0) is 9.59 Å². The maximum atomic E-state index is 12.4. The maximum absolute atomic E-state index is 12.4. The van der Waals surface area contributed by atoms with Crippen LogP contribution in [0.15, 0.2) is 36.4 Å². The van der Waals surface area contributed by atoms with E-state index in [9.17, 15) is 14.7 Å². The molecule has 4 unspecified atom stereocenters. The molecular formula is C15H16N2O3. The predicted molar refractivity (Wildman–Crippen MR) is 73.6 cm³/mol. The molecule has 0 radical (unpaired) electrons. The van der Waals surface area contributed by atoms with Crippen LogP contribution in [0.4, 0.5) is 5.69 Å². The number of anilines is 1. The molecule has 2 aliphatic carbocycles. The Bertz CT molecular complexity index is 579. The molecule has 5 heteroatoms. The molecule has 1 aromatic rings. The second kappa shape index (κ2) is 4.67. The van der Waals surface area contributed by atoms with Gasteiger partial charge < -0.3 is 16.2 Å². The third-order valence-electron chi connectivity index (χ3n) is 4.23. The summed E-state index contributed by atoms with van der Waals surface area (Å²) in [5.41, 5.74) is 6.04. The number of hydrogen-bond acceptors (Lipinski definition) is 3. The average Bonchev–Trinajstić information content (AvgIpc) is 3.01. The molecule has 4 atom stereocenters. The van der Waals surface area contributed by atoms with Crippen molar-refractivity contribution in [2.45, 2.75) is 6.42 Å². The number of fused-ring (bicyclic) bond motifs is 2. The zero-order chi connectivity index (χ0) is 14.3. The first-order valence-corrected chi connectivity index (χ1v) is 6.64. The standard InChI is InChI=1S/C15H16N2O3/c16-14(19)12-8-1-2-9(7-8)13(12)15(20)17-10-3-5-11(18)6-4-10/h1-6,8-9,12-13,18H,7H2,(H2,16,19)(H,17,20). The number of hydrogen-bond donors (Lipinski definition) is 3. The van der Waals surface area contributed by atoms with Gasteiger partial charge >= 0.3 is 0 Å². The number of allylic oxidation sites excluding steroid dienone is 2. The highest BCUT2D eigenvalue weighted by Crippen LogP contribution is 2.48. The molecule has 3 rings (SSSR count). The van der Waals surface area contributed by atoms with Crippen molar-refractivity contribution in [1.82, 2.24) is 0 Å². The number of carbonyl (C=O) groups excluding carboxylic acids is 2. The number of benzene rings is 1. The molecule has 2 amide bonds. The summed E-state index contributed by atoms with van der Waals surface area (Å²) in [4.78, 5) is 24.0. The van der Waals surface area contributed by atoms with Gasteiger partial charge in [0, 0.05) is 5.69 Å². The Morgan fingerprint density at radius 3 is 2.30 bits per heavy atom. The zero-order valence-corrected chi connectivity index (χ0v) is 10.8. The lowest BCUT2D eigenvalue weighted by Gasteiger charge is -2.24. The van der Waals surface area contributed by atoms with Gasteiger partial charge in [-0.15, -0.1) is 0 Å². The third kappa shape index (κ3) is 2.05. The summed E-state index contributed by atoms with van der Waals surface area (Å²) in [5.74, 6) is -1.08. The van der Waals surface area contributed by atoms with E-state index in [2.05, 4.69) is 5.32 Å². The third-order valence-corrected chi connectivity index (χ3v) is 4.23. The molecule has 0 spiro atoms. The molecule has 2 aliphatic rings. The molecule has 20 heavy (non-hydrogen) atoms. The van der Waals surface area contributed by atoms with Gasteiger partial charge in [-0.05, 0) is 42.5 Å². The number of nitrogens with one attached hydrogen (secondary N) is 1. The molecular weight excluding hydrogens is 256 g/mol. The van der Waals surface area contributed by atoms with Crippen molar-refractivity contribution in [3.05, 3.63) is 36.4 Å². The van der Waals surface area contributed by atoms with Crippen molar-refractivity contribution in [3.8, 4) is 5.75 Å². The summed E-state index contributed by atoms with van der Waals surface area (Å²) < 4.78 is 0. The van der Waals surface area contributed by atoms with Gasteiger partial charge in [0.25, 0.3) is 0 Å². The largest absolute Gasteiger partial charge is 0.508 e. The van der Waals surface area contributed by atoms with Crippen molar-refractivity contribution < 1.29 is 14.7 Å². The van der Waals surface area contributed by atoms with Crippen LogP contribution in [0.1, 0.15) is 6.42 Å². The highest BCUT2D eigenvalue weighted by Gasteiger charge is 2.50. The van der Waals surface area contributed by atoms with Crippen LogP contribution in [0.2, 0.25) is 0 Å². The fourth-order valence-electron chi connectivity index (χ4n) is 3.34. The average molecular weight is 272 g/mol. The topological polar surface area (TPSA) is 92.4 Å². The van der Waals surface area contributed by atoms with Gasteiger partial charge in [-0.3, -0.25) is 9.59 Å². The monoisotopic (exact) mass is 272 g/mol. The molecule has 104 valence electrons. The lowest BCUT2D eigenvalue weighted by molar-refractivity contribution is -0.130. The summed E-state index contributed by atoms with van der Waals surface area (Å²) in [6.45, 7) is 0. The van der Waals surface area contributed by atoms with E-state index < -0.39 is 17.7 Å². The van der Waals surface area contributed by atoms with Gasteiger partial charge in [-0.1, -0.05) is 12.2 Å². The van der Waals surface area contributed by atoms with E-state index in [1.54, 1.807) is 12.1 Å². The Morgan fingerprint density at radius 2 is 1.70 bits per heavy atom. The van der Waals surface area contributed by atoms with E-state index in [0.29, 0.717) is 5.69 Å². The quantitative estimate of drug-likeness (QED) is 0.571. The van der Waals surface area contributed by atoms with E-state index in [1.165, 1.54) is 12.1 Å². The first kappa shape index (κ1) is 12.7. The van der Waals surface area contributed by atoms with Crippen LogP contribution in [0.25, 0.3) is 0 Å². The Balaban J connectivity index is 1.78. The number of amides is 2. The van der Waals surface area contributed by atoms with Crippen molar-refractivity contribution in [1.29, 1.82) is 0 Å². The second-order valence-electron chi connectivity index (χ2n) is 5.44. The highest BCUT2D eigenvalue weighted by atomic mass is 16.3. The Labute approximate surface area is 116 Å². The first-order chi connectivity index (χ1) is 9.56. The number of aromatic hydroxyl groups is 1. The SMILES string of the molecule is NC(=O)C1C2C=CC(C2)C1C(=O)Nc1ccc(O)cc1. The molecule has 0 aliphatic heterocycles. The van der Waals surface area contributed by atoms with Gasteiger partial charge in [0.05, 0.1) is 11.8 Å². The lowest BCUT2D eigenvalue weighted by Crippen LogP contribution is -2.39. The number of carbonyl (C=O) groups is 2. The molecule has 0 heterocycles. The van der Waals surface area contributed by atoms with Crippen molar-refractivity contribution in [2.75, 3.05) is 5.32 Å². The molecule has 1 saturated carbocycles. The Morgan fingerprint density at radius 1 is 1.10 bits per heavy atom. The van der Waals surface area contributed by atoms with Crippen LogP contribution in [0.3, 0.4) is 0 Å². The van der Waals surface area contributed by atoms with Crippen LogP contribution in [0, 0.1) is 23.7 Å². The fraction of sp³-hybridized carbons (Fsp3) is 0.333. The minimum absolute atomic E-state index is 0.0908. The molecule has 1 fully saturated rings. The number of phenols is 1. The molecule has 2 bridgehead atoms. The molecule has 0 aromatic heterocycles. The summed E-state index contributed by atoms with van der Waals surface area (Å²) in [6.07, 6.45) is 4.82. The van der Waals surface area contributed by atoms with E-state index in [1.807, 2.05) is 12.2 Å². The first-order valence-electron chi connectivity index (χ1n) is 6.64. The van der Waals surface area contributed by atoms with Crippen molar-refractivity contribution in [2.24, 2.45) is 29.4 Å². The minimum Gasteiger partial charge on any atom is -0.508 e. The summed E-state index contributed by atoms with van der Waals surface area (Å²) in [5, 5.41) is 12.0. The lowest BCUT2D eigenvalue weighted by atomic mass is 9.82. The van der Waals surface area contributed by atoms with Gasteiger partial charge in [0.15, 0.2) is 0 Å². The maximum Gasteiger partial charge on any atom is 0.228 e. The minimum atomic E-state index is -0.415. The number of phenolic OH excluding ortho intramolecular Hbond substituents is 1. The van der Waals surface area contributed by atoms with Gasteiger partial charge in [0.1, 0.15) is 5.75 Å². The van der Waals surface area contributed by atoms with Crippen LogP contribution in [0.5, 0.6) is 5.75 Å². The summed E-state index contributed by atoms with van der Waals surface area (Å²) in [7, 11) is 0. The molecule has 0 saturated heterocycles. The van der Waals surface area contributed by atoms with E-state index in [-0.39, 0.29) is 23.5 Å². The van der Waals surface area contributed by atoms with Gasteiger partial charge in [-0.25, -0.2) is 0 Å². The summed E-state index contributed by atoms with van der Waals surface area (Å²) >= 11 is 0. The van der Waals surface area contributed by atoms with E-state index >= 15 is 0 Å². The number of nitrogens with two attached hydrogens (primary N) is 1. The fourth-order valence-corrected chi connectivity index (χ4v) is 3.34. The van der Waals surface area contributed by atoms with E-state index in [4.69, 9.17) is 5.73 Å². The van der Waals surface area contributed by atoms with Crippen LogP contribution < -0.4 is 11.1 Å². The van der Waals surface area contributed by atoms with Crippen molar-refractivity contribution >= 4 is 17.5 Å². The summed E-state index contributed by atoms with van der Waals surface area (Å²) in [6, 6.07) is 6.24. The molecule has 1 aromatic carbocycles. The normalized spacial score (nSPS) is 30.4. The van der Waals surface area contributed by atoms with Crippen LogP contribution in [-0.4, -0.2) is 16.9 Å². The van der Waals surface area contributed by atoms with Gasteiger partial charge in [-0.2, -0.15) is 0 Å². The second-order valence-corrected chi connectivity index (χ2v) is 5.44. The molecule has 4 N–H and O–H groups in total. The van der Waals surface area contributed by atoms with E-state index in [0.717, 1.165) is 6.42 Å². The number of primary amides is 1. The van der Waals surface area contributed by atoms with Crippen LogP contribution >= 0.6 is 0 Å². The number of rotatable bonds is 3. The van der Waals surface area contributed by atoms with Gasteiger partial charge in [0.2, 0.25) is 11.8 Å². The van der Waals surface area contributed by atoms with Crippen molar-refractivity contribution in [3.63, 3.8) is 0 Å². The predicted octanol–water partition coefficient (Wildman–Crippen LogP) is 1.25. The smallest absolute Gasteiger partial charge is 0.228 e. The highest BCUT2D eigenvalue weighted by molar-refractivity contribution is 5.97. The Kier molecular flexibility index (Phi) is 2.97.